The van der Waals surface area contributed by atoms with Gasteiger partial charge in [0.1, 0.15) is 11.6 Å². The van der Waals surface area contributed by atoms with Crippen molar-refractivity contribution >= 4 is 27.4 Å². The Kier molecular flexibility index (Phi) is 10.7. The fourth-order valence-electron chi connectivity index (χ4n) is 4.37. The van der Waals surface area contributed by atoms with Crippen molar-refractivity contribution in [3.05, 3.63) is 89.5 Å². The largest absolute Gasteiger partial charge is 0.356 e. The van der Waals surface area contributed by atoms with Gasteiger partial charge in [-0.25, -0.2) is 17.2 Å². The number of halogens is 2. The molecule has 224 valence electrons. The van der Waals surface area contributed by atoms with Crippen LogP contribution in [0.4, 0.5) is 8.78 Å². The fraction of sp³-hybridized carbons (Fsp3) is 0.344. The van der Waals surface area contributed by atoms with Gasteiger partial charge in [-0.15, -0.1) is 0 Å². The van der Waals surface area contributed by atoms with Crippen molar-refractivity contribution in [1.29, 1.82) is 0 Å². The van der Waals surface area contributed by atoms with E-state index in [1.165, 1.54) is 42.5 Å². The van der Waals surface area contributed by atoms with Crippen LogP contribution in [0.1, 0.15) is 56.0 Å². The molecule has 0 aliphatic carbocycles. The molecule has 0 aliphatic rings. The van der Waals surface area contributed by atoms with Crippen molar-refractivity contribution in [3.63, 3.8) is 0 Å². The zero-order chi connectivity index (χ0) is 31.1. The summed E-state index contributed by atoms with van der Waals surface area (Å²) in [4.78, 5) is 38.5. The second-order valence-electron chi connectivity index (χ2n) is 11.3. The van der Waals surface area contributed by atoms with Gasteiger partial charge in [-0.05, 0) is 70.0 Å². The first-order chi connectivity index (χ1) is 19.7. The zero-order valence-electron chi connectivity index (χ0n) is 24.2. The van der Waals surface area contributed by atoms with Crippen LogP contribution < -0.4 is 10.6 Å². The topological polar surface area (TPSA) is 109 Å². The average Bonchev–Trinajstić information content (AvgIpc) is 2.90. The van der Waals surface area contributed by atoms with Crippen molar-refractivity contribution in [2.24, 2.45) is 5.92 Å². The number of nitrogens with one attached hydrogen (secondary N) is 2. The molecular formula is C32H36F2N2O5S. The quantitative estimate of drug-likeness (QED) is 0.214. The van der Waals surface area contributed by atoms with Crippen LogP contribution in [0.5, 0.6) is 0 Å². The maximum absolute atomic E-state index is 14.5. The monoisotopic (exact) mass is 598 g/mol. The lowest BCUT2D eigenvalue weighted by atomic mass is 9.98. The van der Waals surface area contributed by atoms with Crippen LogP contribution in [0.2, 0.25) is 0 Å². The van der Waals surface area contributed by atoms with Crippen molar-refractivity contribution in [2.45, 2.75) is 57.4 Å². The van der Waals surface area contributed by atoms with Crippen LogP contribution >= 0.6 is 0 Å². The first-order valence-corrected chi connectivity index (χ1v) is 15.3. The summed E-state index contributed by atoms with van der Waals surface area (Å²) < 4.78 is 54.8. The molecule has 3 aromatic carbocycles. The van der Waals surface area contributed by atoms with Gasteiger partial charge in [0.15, 0.2) is 15.6 Å². The van der Waals surface area contributed by atoms with Gasteiger partial charge in [0.25, 0.3) is 0 Å². The maximum Gasteiger partial charge on any atom is 0.224 e. The lowest BCUT2D eigenvalue weighted by Gasteiger charge is -2.23. The molecule has 2 amide bonds. The van der Waals surface area contributed by atoms with E-state index in [0.29, 0.717) is 5.56 Å². The standard InChI is InChI=1S/C32H36F2N2O5S/c1-21-11-14-24(15-12-21)42(40,41)20-23(19-30(38)36-32(2,3)4)31(39)35-17-7-10-29(37)26-18-22(13-16-28(26)34)25-8-5-6-9-27(25)33/h5-6,8-9,11-16,18,23H,7,10,17,19-20H2,1-4H3,(H,35,39)(H,36,38)/t23-/m1/s1. The average molecular weight is 599 g/mol. The van der Waals surface area contributed by atoms with E-state index in [1.54, 1.807) is 39.0 Å². The van der Waals surface area contributed by atoms with E-state index in [9.17, 15) is 31.6 Å². The van der Waals surface area contributed by atoms with Gasteiger partial charge in [0.2, 0.25) is 11.8 Å². The predicted octanol–water partition coefficient (Wildman–Crippen LogP) is 5.41. The Bertz CT molecular complexity index is 1550. The second-order valence-corrected chi connectivity index (χ2v) is 13.3. The molecule has 0 saturated heterocycles. The van der Waals surface area contributed by atoms with E-state index in [-0.39, 0.29) is 41.8 Å². The molecule has 0 heterocycles. The predicted molar refractivity (Wildman–Crippen MR) is 158 cm³/mol. The van der Waals surface area contributed by atoms with E-state index in [0.717, 1.165) is 11.6 Å². The second kappa shape index (κ2) is 13.8. The number of carbonyl (C=O) groups is 3. The smallest absolute Gasteiger partial charge is 0.224 e. The summed E-state index contributed by atoms with van der Waals surface area (Å²) in [5.41, 5.74) is 0.704. The summed E-state index contributed by atoms with van der Waals surface area (Å²) in [6, 6.07) is 16.0. The highest BCUT2D eigenvalue weighted by Crippen LogP contribution is 2.25. The van der Waals surface area contributed by atoms with E-state index in [4.69, 9.17) is 0 Å². The van der Waals surface area contributed by atoms with Crippen LogP contribution in [0, 0.1) is 24.5 Å². The van der Waals surface area contributed by atoms with Gasteiger partial charge in [-0.2, -0.15) is 0 Å². The molecule has 0 spiro atoms. The van der Waals surface area contributed by atoms with Crippen molar-refractivity contribution in [3.8, 4) is 11.1 Å². The van der Waals surface area contributed by atoms with Gasteiger partial charge in [0.05, 0.1) is 22.1 Å². The number of sulfone groups is 1. The van der Waals surface area contributed by atoms with E-state index in [2.05, 4.69) is 10.6 Å². The summed E-state index contributed by atoms with van der Waals surface area (Å²) >= 11 is 0. The van der Waals surface area contributed by atoms with E-state index >= 15 is 0 Å². The summed E-state index contributed by atoms with van der Waals surface area (Å²) in [5, 5.41) is 5.37. The molecule has 3 aromatic rings. The van der Waals surface area contributed by atoms with E-state index in [1.807, 2.05) is 6.92 Å². The minimum Gasteiger partial charge on any atom is -0.356 e. The van der Waals surface area contributed by atoms with Gasteiger partial charge in [-0.1, -0.05) is 42.0 Å². The number of aryl methyl sites for hydroxylation is 1. The molecule has 2 N–H and O–H groups in total. The zero-order valence-corrected chi connectivity index (χ0v) is 25.0. The molecule has 0 aliphatic heterocycles. The number of hydrogen-bond acceptors (Lipinski definition) is 5. The number of benzene rings is 3. The minimum atomic E-state index is -3.89. The highest BCUT2D eigenvalue weighted by atomic mass is 32.2. The highest BCUT2D eigenvalue weighted by Gasteiger charge is 2.30. The summed E-state index contributed by atoms with van der Waals surface area (Å²) in [6.07, 6.45) is -0.324. The van der Waals surface area contributed by atoms with Crippen molar-refractivity contribution < 1.29 is 31.6 Å². The molecule has 10 heteroatoms. The lowest BCUT2D eigenvalue weighted by Crippen LogP contribution is -2.44. The highest BCUT2D eigenvalue weighted by molar-refractivity contribution is 7.91. The van der Waals surface area contributed by atoms with Crippen LogP contribution in [-0.2, 0) is 19.4 Å². The van der Waals surface area contributed by atoms with Crippen molar-refractivity contribution in [1.82, 2.24) is 10.6 Å². The molecule has 0 unspecified atom stereocenters. The molecule has 3 rings (SSSR count). The third-order valence-electron chi connectivity index (χ3n) is 6.45. The van der Waals surface area contributed by atoms with Gasteiger partial charge in [0, 0.05) is 30.5 Å². The summed E-state index contributed by atoms with van der Waals surface area (Å²) in [7, 11) is -3.89. The third-order valence-corrected chi connectivity index (χ3v) is 8.28. The van der Waals surface area contributed by atoms with Crippen LogP contribution in [-0.4, -0.2) is 43.9 Å². The van der Waals surface area contributed by atoms with E-state index < -0.39 is 56.3 Å². The Hall–Kier alpha value is -3.92. The first-order valence-electron chi connectivity index (χ1n) is 13.6. The van der Waals surface area contributed by atoms with Crippen LogP contribution in [0.25, 0.3) is 11.1 Å². The number of rotatable bonds is 12. The maximum atomic E-state index is 14.5. The lowest BCUT2D eigenvalue weighted by molar-refractivity contribution is -0.130. The molecule has 1 atom stereocenters. The van der Waals surface area contributed by atoms with Crippen LogP contribution in [0.3, 0.4) is 0 Å². The Balaban J connectivity index is 1.66. The van der Waals surface area contributed by atoms with Gasteiger partial charge in [-0.3, -0.25) is 14.4 Å². The number of hydrogen-bond donors (Lipinski definition) is 2. The van der Waals surface area contributed by atoms with Gasteiger partial charge < -0.3 is 10.6 Å². The Morgan fingerprint density at radius 3 is 2.21 bits per heavy atom. The molecular weight excluding hydrogens is 562 g/mol. The first kappa shape index (κ1) is 32.6. The molecule has 0 bridgehead atoms. The summed E-state index contributed by atoms with van der Waals surface area (Å²) in [5.74, 6) is -4.63. The fourth-order valence-corrected chi connectivity index (χ4v) is 5.91. The molecule has 0 radical (unpaired) electrons. The molecule has 0 fully saturated rings. The van der Waals surface area contributed by atoms with Crippen molar-refractivity contribution in [2.75, 3.05) is 12.3 Å². The Labute approximate surface area is 245 Å². The molecule has 7 nitrogen and oxygen atoms in total. The van der Waals surface area contributed by atoms with Gasteiger partial charge >= 0.3 is 0 Å². The third kappa shape index (κ3) is 9.30. The SMILES string of the molecule is Cc1ccc(S(=O)(=O)C[C@@H](CC(=O)NC(C)(C)C)C(=O)NCCCC(=O)c2cc(-c3ccccc3F)ccc2F)cc1. The molecule has 42 heavy (non-hydrogen) atoms. The number of amides is 2. The number of carbonyl (C=O) groups excluding carboxylic acids is 3. The number of Topliss-reactive ketones (excluding diaryl/α,β-unsaturated/α-hetero) is 1. The van der Waals surface area contributed by atoms with Crippen LogP contribution in [0.15, 0.2) is 71.6 Å². The molecule has 0 aromatic heterocycles. The Morgan fingerprint density at radius 1 is 0.905 bits per heavy atom. The number of ketones is 1. The Morgan fingerprint density at radius 2 is 1.57 bits per heavy atom. The minimum absolute atomic E-state index is 0.00116. The summed E-state index contributed by atoms with van der Waals surface area (Å²) in [6.45, 7) is 7.14. The normalized spacial score (nSPS) is 12.4. The molecule has 0 saturated carbocycles.